The average molecular weight is 228 g/mol. The van der Waals surface area contributed by atoms with Crippen molar-refractivity contribution in [2.75, 3.05) is 25.9 Å². The van der Waals surface area contributed by atoms with Crippen molar-refractivity contribution in [1.82, 2.24) is 10.2 Å². The highest BCUT2D eigenvalue weighted by atomic mass is 32.2. The zero-order valence-corrected chi connectivity index (χ0v) is 10.9. The number of nitrogens with one attached hydrogen (secondary N) is 1. The fourth-order valence-corrected chi connectivity index (χ4v) is 3.43. The number of nitrogens with zero attached hydrogens (tertiary/aromatic N) is 1. The van der Waals surface area contributed by atoms with Crippen LogP contribution >= 0.6 is 11.8 Å². The molecule has 2 nitrogen and oxygen atoms in total. The summed E-state index contributed by atoms with van der Waals surface area (Å²) in [7, 11) is 0. The van der Waals surface area contributed by atoms with Crippen molar-refractivity contribution >= 4 is 11.8 Å². The molecule has 2 fully saturated rings. The van der Waals surface area contributed by atoms with Gasteiger partial charge < -0.3 is 5.32 Å². The number of hydrogen-bond donors (Lipinski definition) is 1. The first-order valence-electron chi connectivity index (χ1n) is 6.36. The molecule has 0 spiro atoms. The first-order chi connectivity index (χ1) is 7.36. The number of hydrogen-bond acceptors (Lipinski definition) is 3. The van der Waals surface area contributed by atoms with Crippen molar-refractivity contribution in [3.05, 3.63) is 0 Å². The Bertz CT molecular complexity index is 194. The van der Waals surface area contributed by atoms with E-state index in [9.17, 15) is 0 Å². The summed E-state index contributed by atoms with van der Waals surface area (Å²) < 4.78 is 0. The summed E-state index contributed by atoms with van der Waals surface area (Å²) in [5, 5.41) is 4.37. The molecule has 0 aromatic heterocycles. The third kappa shape index (κ3) is 2.89. The number of thioether (sulfide) groups is 1. The van der Waals surface area contributed by atoms with Crippen LogP contribution in [0.1, 0.15) is 32.6 Å². The van der Waals surface area contributed by atoms with Crippen LogP contribution in [0.5, 0.6) is 0 Å². The maximum absolute atomic E-state index is 3.55. The lowest BCUT2D eigenvalue weighted by molar-refractivity contribution is 0.198. The molecule has 0 radical (unpaired) electrons. The average Bonchev–Trinajstić information content (AvgIpc) is 2.97. The Balaban J connectivity index is 1.90. The second-order valence-electron chi connectivity index (χ2n) is 4.82. The van der Waals surface area contributed by atoms with Gasteiger partial charge >= 0.3 is 0 Å². The predicted octanol–water partition coefficient (Wildman–Crippen LogP) is 1.95. The Morgan fingerprint density at radius 3 is 2.73 bits per heavy atom. The number of unbranched alkanes of at least 4 members (excludes halogenated alkanes) is 1. The molecule has 2 unspecified atom stereocenters. The van der Waals surface area contributed by atoms with Crippen molar-refractivity contribution in [2.45, 2.75) is 49.9 Å². The Labute approximate surface area is 98.2 Å². The van der Waals surface area contributed by atoms with Gasteiger partial charge in [0.25, 0.3) is 0 Å². The highest BCUT2D eigenvalue weighted by molar-refractivity contribution is 7.99. The molecule has 0 aromatic carbocycles. The van der Waals surface area contributed by atoms with Crippen molar-refractivity contribution in [2.24, 2.45) is 0 Å². The van der Waals surface area contributed by atoms with E-state index in [4.69, 9.17) is 0 Å². The Morgan fingerprint density at radius 1 is 1.33 bits per heavy atom. The first kappa shape index (κ1) is 11.7. The Hall–Kier alpha value is 0.270. The largest absolute Gasteiger partial charge is 0.314 e. The van der Waals surface area contributed by atoms with E-state index in [0.717, 1.165) is 17.3 Å². The van der Waals surface area contributed by atoms with Crippen molar-refractivity contribution in [3.63, 3.8) is 0 Å². The minimum Gasteiger partial charge on any atom is -0.314 e. The van der Waals surface area contributed by atoms with E-state index in [1.165, 1.54) is 45.3 Å². The van der Waals surface area contributed by atoms with Gasteiger partial charge in [-0.05, 0) is 32.1 Å². The lowest BCUT2D eigenvalue weighted by Gasteiger charge is -2.31. The summed E-state index contributed by atoms with van der Waals surface area (Å²) in [4.78, 5) is 2.80. The quantitative estimate of drug-likeness (QED) is 0.748. The van der Waals surface area contributed by atoms with Crippen LogP contribution in [-0.4, -0.2) is 48.1 Å². The molecule has 2 atom stereocenters. The summed E-state index contributed by atoms with van der Waals surface area (Å²) in [6, 6.07) is 1.73. The van der Waals surface area contributed by atoms with Gasteiger partial charge in [-0.3, -0.25) is 4.90 Å². The summed E-state index contributed by atoms with van der Waals surface area (Å²) >= 11 is 2.04. The minimum atomic E-state index is 0.805. The zero-order chi connectivity index (χ0) is 10.7. The second-order valence-corrected chi connectivity index (χ2v) is 5.90. The summed E-state index contributed by atoms with van der Waals surface area (Å²) in [5.41, 5.74) is 0. The van der Waals surface area contributed by atoms with Crippen LogP contribution in [0.4, 0.5) is 0 Å². The molecule has 2 aliphatic rings. The van der Waals surface area contributed by atoms with Crippen LogP contribution in [0, 0.1) is 0 Å². The Kier molecular flexibility index (Phi) is 4.35. The Morgan fingerprint density at radius 2 is 2.13 bits per heavy atom. The van der Waals surface area contributed by atoms with Crippen LogP contribution in [0.25, 0.3) is 0 Å². The smallest absolute Gasteiger partial charge is 0.0354 e. The van der Waals surface area contributed by atoms with Gasteiger partial charge in [0, 0.05) is 30.4 Å². The van der Waals surface area contributed by atoms with Crippen LogP contribution in [-0.2, 0) is 0 Å². The maximum Gasteiger partial charge on any atom is 0.0354 e. The summed E-state index contributed by atoms with van der Waals surface area (Å²) in [6.07, 6.45) is 7.85. The molecule has 1 aliphatic heterocycles. The van der Waals surface area contributed by atoms with Gasteiger partial charge in [0.15, 0.2) is 0 Å². The minimum absolute atomic E-state index is 0.805. The monoisotopic (exact) mass is 228 g/mol. The molecule has 15 heavy (non-hydrogen) atoms. The van der Waals surface area contributed by atoms with Crippen molar-refractivity contribution in [3.8, 4) is 0 Å². The van der Waals surface area contributed by atoms with Crippen LogP contribution in [0.2, 0.25) is 0 Å². The van der Waals surface area contributed by atoms with Crippen LogP contribution in [0.15, 0.2) is 0 Å². The van der Waals surface area contributed by atoms with E-state index in [0.29, 0.717) is 0 Å². The van der Waals surface area contributed by atoms with E-state index in [2.05, 4.69) is 23.4 Å². The normalized spacial score (nSPS) is 31.4. The number of rotatable bonds is 6. The third-order valence-electron chi connectivity index (χ3n) is 3.64. The highest BCUT2D eigenvalue weighted by Crippen LogP contribution is 2.32. The maximum atomic E-state index is 3.55. The van der Waals surface area contributed by atoms with Gasteiger partial charge in [-0.1, -0.05) is 13.3 Å². The molecule has 1 saturated carbocycles. The van der Waals surface area contributed by atoms with E-state index in [-0.39, 0.29) is 0 Å². The van der Waals surface area contributed by atoms with Crippen molar-refractivity contribution in [1.29, 1.82) is 0 Å². The topological polar surface area (TPSA) is 15.3 Å². The summed E-state index contributed by atoms with van der Waals surface area (Å²) in [6.45, 7) is 6.04. The van der Waals surface area contributed by atoms with Crippen LogP contribution < -0.4 is 5.32 Å². The molecule has 88 valence electrons. The third-order valence-corrected chi connectivity index (χ3v) is 4.73. The fraction of sp³-hybridized carbons (Fsp3) is 1.00. The molecule has 1 heterocycles. The van der Waals surface area contributed by atoms with Gasteiger partial charge in [0.05, 0.1) is 0 Å². The van der Waals surface area contributed by atoms with Gasteiger partial charge in [-0.2, -0.15) is 11.8 Å². The van der Waals surface area contributed by atoms with Gasteiger partial charge in [0.1, 0.15) is 0 Å². The molecule has 3 heteroatoms. The van der Waals surface area contributed by atoms with E-state index in [1.807, 2.05) is 11.8 Å². The molecule has 1 aliphatic carbocycles. The molecular formula is C12H24N2S. The van der Waals surface area contributed by atoms with Gasteiger partial charge in [-0.25, -0.2) is 0 Å². The molecule has 0 bridgehead atoms. The molecular weight excluding hydrogens is 204 g/mol. The predicted molar refractivity (Wildman–Crippen MR) is 68.6 cm³/mol. The molecule has 0 amide bonds. The molecule has 0 aromatic rings. The standard InChI is InChI=1S/C12H24N2S/c1-3-4-7-14(10-5-6-10)11-8-13-9-12(11)15-2/h10-13H,3-9H2,1-2H3. The highest BCUT2D eigenvalue weighted by Gasteiger charge is 2.38. The zero-order valence-electron chi connectivity index (χ0n) is 10.0. The van der Waals surface area contributed by atoms with Gasteiger partial charge in [0.2, 0.25) is 0 Å². The molecule has 2 rings (SSSR count). The van der Waals surface area contributed by atoms with E-state index in [1.54, 1.807) is 0 Å². The lowest BCUT2D eigenvalue weighted by Crippen LogP contribution is -2.44. The SMILES string of the molecule is CCCCN(C1CC1)C1CNCC1SC. The van der Waals surface area contributed by atoms with E-state index < -0.39 is 0 Å². The van der Waals surface area contributed by atoms with E-state index >= 15 is 0 Å². The molecule has 1 N–H and O–H groups in total. The second kappa shape index (κ2) is 5.55. The lowest BCUT2D eigenvalue weighted by atomic mass is 10.2. The summed E-state index contributed by atoms with van der Waals surface area (Å²) in [5.74, 6) is 0. The van der Waals surface area contributed by atoms with Crippen molar-refractivity contribution < 1.29 is 0 Å². The van der Waals surface area contributed by atoms with Gasteiger partial charge in [-0.15, -0.1) is 0 Å². The first-order valence-corrected chi connectivity index (χ1v) is 7.65. The fourth-order valence-electron chi connectivity index (χ4n) is 2.58. The van der Waals surface area contributed by atoms with Crippen LogP contribution in [0.3, 0.4) is 0 Å². The molecule has 1 saturated heterocycles.